The summed E-state index contributed by atoms with van der Waals surface area (Å²) >= 11 is 0. The van der Waals surface area contributed by atoms with E-state index in [1.807, 2.05) is 6.07 Å². The Kier molecular flexibility index (Phi) is 4.56. The first-order chi connectivity index (χ1) is 13.7. The third kappa shape index (κ3) is 2.90. The number of rotatable bonds is 5. The van der Waals surface area contributed by atoms with Gasteiger partial charge in [-0.05, 0) is 24.3 Å². The maximum absolute atomic E-state index is 12.0. The molecule has 144 valence electrons. The zero-order valence-corrected chi connectivity index (χ0v) is 15.7. The molecule has 1 amide bonds. The van der Waals surface area contributed by atoms with E-state index in [-0.39, 0.29) is 5.91 Å². The Labute approximate surface area is 161 Å². The number of nitrogens with zero attached hydrogens (tertiary/aromatic N) is 4. The maximum Gasteiger partial charge on any atom is 0.269 e. The minimum atomic E-state index is -0.138. The highest BCUT2D eigenvalue weighted by Gasteiger charge is 2.22. The fourth-order valence-electron chi connectivity index (χ4n) is 3.17. The van der Waals surface area contributed by atoms with E-state index in [4.69, 9.17) is 14.2 Å². The normalized spacial score (nSPS) is 12.9. The van der Waals surface area contributed by atoms with Gasteiger partial charge in [-0.1, -0.05) is 0 Å². The van der Waals surface area contributed by atoms with Crippen LogP contribution >= 0.6 is 0 Å². The summed E-state index contributed by atoms with van der Waals surface area (Å²) in [7, 11) is 4.65. The summed E-state index contributed by atoms with van der Waals surface area (Å²) < 4.78 is 18.0. The summed E-state index contributed by atoms with van der Waals surface area (Å²) in [6.45, 7) is 1.19. The Bertz CT molecular complexity index is 1050. The molecule has 1 N–H and O–H groups in total. The molecule has 1 aliphatic heterocycles. The van der Waals surface area contributed by atoms with E-state index in [2.05, 4.69) is 20.4 Å². The number of hydrogen-bond donors (Lipinski definition) is 1. The summed E-state index contributed by atoms with van der Waals surface area (Å²) in [6.07, 6.45) is 1.65. The molecule has 2 aromatic heterocycles. The van der Waals surface area contributed by atoms with Gasteiger partial charge in [-0.25, -0.2) is 9.97 Å². The lowest BCUT2D eigenvalue weighted by atomic mass is 10.1. The molecule has 4 rings (SSSR count). The number of ether oxygens (including phenoxy) is 3. The third-order valence-electron chi connectivity index (χ3n) is 4.48. The highest BCUT2D eigenvalue weighted by Crippen LogP contribution is 2.43. The van der Waals surface area contributed by atoms with Crippen molar-refractivity contribution in [1.82, 2.24) is 25.1 Å². The third-order valence-corrected chi connectivity index (χ3v) is 4.48. The van der Waals surface area contributed by atoms with E-state index in [0.29, 0.717) is 58.8 Å². The van der Waals surface area contributed by atoms with E-state index in [9.17, 15) is 4.79 Å². The Hall–Kier alpha value is -3.62. The summed E-state index contributed by atoms with van der Waals surface area (Å²) in [6, 6.07) is 7.06. The molecule has 1 aliphatic rings. The van der Waals surface area contributed by atoms with Gasteiger partial charge in [0.15, 0.2) is 17.3 Å². The van der Waals surface area contributed by atoms with E-state index >= 15 is 0 Å². The van der Waals surface area contributed by atoms with Crippen molar-refractivity contribution in [2.75, 3.05) is 27.9 Å². The number of methoxy groups -OCH3 is 3. The Morgan fingerprint density at radius 3 is 2.57 bits per heavy atom. The topological polar surface area (TPSA) is 100 Å². The summed E-state index contributed by atoms with van der Waals surface area (Å²) in [5, 5.41) is 7.30. The quantitative estimate of drug-likeness (QED) is 0.719. The van der Waals surface area contributed by atoms with Gasteiger partial charge >= 0.3 is 0 Å². The van der Waals surface area contributed by atoms with Crippen LogP contribution in [0.5, 0.6) is 17.2 Å². The van der Waals surface area contributed by atoms with Crippen LogP contribution in [0.4, 0.5) is 0 Å². The van der Waals surface area contributed by atoms with Gasteiger partial charge in [-0.15, -0.1) is 0 Å². The fraction of sp³-hybridized carbons (Fsp3) is 0.263. The molecule has 0 unspecified atom stereocenters. The van der Waals surface area contributed by atoms with Crippen molar-refractivity contribution in [3.8, 4) is 40.0 Å². The monoisotopic (exact) mass is 381 g/mol. The van der Waals surface area contributed by atoms with Crippen LogP contribution in [-0.4, -0.2) is 53.5 Å². The standard InChI is InChI=1S/C19H19N5O4/c1-26-15-5-4-11(16(27-2)17(15)28-3)18-20-7-6-12(22-18)13-10-14-19(25)21-8-9-24(14)23-13/h4-7,10H,8-9H2,1-3H3,(H,21,25). The van der Waals surface area contributed by atoms with Gasteiger partial charge in [0.2, 0.25) is 5.75 Å². The molecule has 3 heterocycles. The van der Waals surface area contributed by atoms with Crippen molar-refractivity contribution >= 4 is 5.91 Å². The second kappa shape index (κ2) is 7.18. The molecule has 0 spiro atoms. The Balaban J connectivity index is 1.79. The number of aromatic nitrogens is 4. The van der Waals surface area contributed by atoms with E-state index in [1.165, 1.54) is 0 Å². The van der Waals surface area contributed by atoms with Crippen LogP contribution in [0.15, 0.2) is 30.5 Å². The lowest BCUT2D eigenvalue weighted by Gasteiger charge is -2.15. The molecule has 9 nitrogen and oxygen atoms in total. The second-order valence-electron chi connectivity index (χ2n) is 6.04. The SMILES string of the molecule is COc1ccc(-c2nccc(-c3cc4n(n3)CCNC4=O)n2)c(OC)c1OC. The van der Waals surface area contributed by atoms with Crippen LogP contribution in [0.25, 0.3) is 22.8 Å². The van der Waals surface area contributed by atoms with Crippen LogP contribution in [0.1, 0.15) is 10.5 Å². The highest BCUT2D eigenvalue weighted by atomic mass is 16.5. The van der Waals surface area contributed by atoms with Crippen molar-refractivity contribution in [3.63, 3.8) is 0 Å². The first-order valence-electron chi connectivity index (χ1n) is 8.65. The first kappa shape index (κ1) is 17.8. The number of carbonyl (C=O) groups excluding carboxylic acids is 1. The van der Waals surface area contributed by atoms with Crippen molar-refractivity contribution in [1.29, 1.82) is 0 Å². The molecule has 0 radical (unpaired) electrons. The second-order valence-corrected chi connectivity index (χ2v) is 6.04. The predicted molar refractivity (Wildman–Crippen MR) is 101 cm³/mol. The van der Waals surface area contributed by atoms with E-state index < -0.39 is 0 Å². The first-order valence-corrected chi connectivity index (χ1v) is 8.65. The van der Waals surface area contributed by atoms with Gasteiger partial charge in [0, 0.05) is 12.7 Å². The Morgan fingerprint density at radius 1 is 1.04 bits per heavy atom. The van der Waals surface area contributed by atoms with Gasteiger partial charge in [0.25, 0.3) is 5.91 Å². The van der Waals surface area contributed by atoms with Crippen molar-refractivity contribution in [3.05, 3.63) is 36.2 Å². The molecule has 0 atom stereocenters. The average molecular weight is 381 g/mol. The molecule has 1 aromatic carbocycles. The molecular formula is C19H19N5O4. The van der Waals surface area contributed by atoms with Gasteiger partial charge < -0.3 is 19.5 Å². The molecule has 0 bridgehead atoms. The van der Waals surface area contributed by atoms with Gasteiger partial charge in [0.1, 0.15) is 11.4 Å². The van der Waals surface area contributed by atoms with E-state index in [1.54, 1.807) is 50.4 Å². The minimum absolute atomic E-state index is 0.138. The minimum Gasteiger partial charge on any atom is -0.493 e. The molecule has 3 aromatic rings. The number of fused-ring (bicyclic) bond motifs is 1. The fourth-order valence-corrected chi connectivity index (χ4v) is 3.17. The number of amides is 1. The average Bonchev–Trinajstić information content (AvgIpc) is 3.18. The van der Waals surface area contributed by atoms with Crippen LogP contribution in [-0.2, 0) is 6.54 Å². The van der Waals surface area contributed by atoms with Crippen LogP contribution in [0.2, 0.25) is 0 Å². The lowest BCUT2D eigenvalue weighted by Crippen LogP contribution is -2.35. The van der Waals surface area contributed by atoms with Crippen LogP contribution in [0.3, 0.4) is 0 Å². The molecule has 28 heavy (non-hydrogen) atoms. The molecule has 0 saturated heterocycles. The molecule has 0 fully saturated rings. The van der Waals surface area contributed by atoms with E-state index in [0.717, 1.165) is 0 Å². The number of nitrogens with one attached hydrogen (secondary N) is 1. The van der Waals surface area contributed by atoms with Crippen molar-refractivity contribution < 1.29 is 19.0 Å². The summed E-state index contributed by atoms with van der Waals surface area (Å²) in [5.41, 5.74) is 2.39. The molecule has 0 aliphatic carbocycles. The number of carbonyl (C=O) groups is 1. The smallest absolute Gasteiger partial charge is 0.269 e. The summed E-state index contributed by atoms with van der Waals surface area (Å²) in [4.78, 5) is 21.0. The summed E-state index contributed by atoms with van der Waals surface area (Å²) in [5.74, 6) is 1.80. The maximum atomic E-state index is 12.0. The van der Waals surface area contributed by atoms with Gasteiger partial charge in [0.05, 0.1) is 39.1 Å². The Morgan fingerprint density at radius 2 is 1.86 bits per heavy atom. The largest absolute Gasteiger partial charge is 0.493 e. The molecular weight excluding hydrogens is 362 g/mol. The van der Waals surface area contributed by atoms with Crippen molar-refractivity contribution in [2.45, 2.75) is 6.54 Å². The lowest BCUT2D eigenvalue weighted by molar-refractivity contribution is 0.0924. The van der Waals surface area contributed by atoms with Crippen molar-refractivity contribution in [2.24, 2.45) is 0 Å². The molecule has 9 heteroatoms. The zero-order chi connectivity index (χ0) is 19.7. The highest BCUT2D eigenvalue weighted by molar-refractivity contribution is 5.94. The van der Waals surface area contributed by atoms with Crippen LogP contribution < -0.4 is 19.5 Å². The number of benzene rings is 1. The molecule has 0 saturated carbocycles. The van der Waals surface area contributed by atoms with Gasteiger partial charge in [-0.3, -0.25) is 9.48 Å². The van der Waals surface area contributed by atoms with Crippen LogP contribution in [0, 0.1) is 0 Å². The predicted octanol–water partition coefficient (Wildman–Crippen LogP) is 1.78. The zero-order valence-electron chi connectivity index (χ0n) is 15.7. The van der Waals surface area contributed by atoms with Gasteiger partial charge in [-0.2, -0.15) is 5.10 Å². The number of hydrogen-bond acceptors (Lipinski definition) is 7.